The predicted molar refractivity (Wildman–Crippen MR) is 68.0 cm³/mol. The van der Waals surface area contributed by atoms with Crippen LogP contribution in [0.2, 0.25) is 0 Å². The summed E-state index contributed by atoms with van der Waals surface area (Å²) in [4.78, 5) is 4.41. The van der Waals surface area contributed by atoms with E-state index in [0.717, 1.165) is 30.0 Å². The van der Waals surface area contributed by atoms with E-state index in [9.17, 15) is 0 Å². The summed E-state index contributed by atoms with van der Waals surface area (Å²) >= 11 is 0. The number of aliphatic imine (C=N–C) groups is 1. The van der Waals surface area contributed by atoms with Crippen molar-refractivity contribution in [1.82, 2.24) is 0 Å². The third-order valence-electron chi connectivity index (χ3n) is 2.88. The topological polar surface area (TPSA) is 47.6 Å². The van der Waals surface area contributed by atoms with Gasteiger partial charge in [-0.15, -0.1) is 0 Å². The summed E-state index contributed by atoms with van der Waals surface area (Å²) in [5.41, 5.74) is 7.83. The van der Waals surface area contributed by atoms with Gasteiger partial charge in [0.1, 0.15) is 5.76 Å². The van der Waals surface area contributed by atoms with Crippen LogP contribution >= 0.6 is 0 Å². The van der Waals surface area contributed by atoms with E-state index in [0.29, 0.717) is 5.92 Å². The third-order valence-corrected chi connectivity index (χ3v) is 2.88. The van der Waals surface area contributed by atoms with Gasteiger partial charge in [0, 0.05) is 18.0 Å². The molecule has 90 valence electrons. The van der Waals surface area contributed by atoms with Gasteiger partial charge in [0.25, 0.3) is 0 Å². The standard InChI is InChI=1S/C13H22N2O/c1-9(2)13(14)12(16-4)8-11-10(3)6-5-7-15-11/h7-10H,5-6,14H2,1-4H3/b11-8+,13-12+. The van der Waals surface area contributed by atoms with Crippen LogP contribution in [0.3, 0.4) is 0 Å². The van der Waals surface area contributed by atoms with E-state index in [-0.39, 0.29) is 5.92 Å². The van der Waals surface area contributed by atoms with Gasteiger partial charge in [-0.3, -0.25) is 4.99 Å². The second-order valence-corrected chi connectivity index (χ2v) is 4.54. The molecule has 0 aliphatic carbocycles. The average molecular weight is 222 g/mol. The first-order valence-corrected chi connectivity index (χ1v) is 5.84. The van der Waals surface area contributed by atoms with Gasteiger partial charge in [-0.25, -0.2) is 0 Å². The molecule has 16 heavy (non-hydrogen) atoms. The van der Waals surface area contributed by atoms with Crippen molar-refractivity contribution >= 4 is 6.21 Å². The first-order valence-electron chi connectivity index (χ1n) is 5.84. The maximum atomic E-state index is 5.99. The summed E-state index contributed by atoms with van der Waals surface area (Å²) in [5, 5.41) is 0. The fraction of sp³-hybridized carbons (Fsp3) is 0.615. The minimum absolute atomic E-state index is 0.287. The van der Waals surface area contributed by atoms with Crippen LogP contribution in [-0.4, -0.2) is 13.3 Å². The smallest absolute Gasteiger partial charge is 0.139 e. The maximum absolute atomic E-state index is 5.99. The molecular formula is C13H22N2O. The van der Waals surface area contributed by atoms with Crippen LogP contribution in [0.5, 0.6) is 0 Å². The molecule has 0 radical (unpaired) electrons. The second kappa shape index (κ2) is 5.73. The molecule has 1 unspecified atom stereocenters. The number of rotatable bonds is 3. The van der Waals surface area contributed by atoms with Crippen molar-refractivity contribution < 1.29 is 4.74 Å². The SMILES string of the molecule is COC(/C=C1/N=CCCC1C)=C(/N)C(C)C. The number of hydrogen-bond acceptors (Lipinski definition) is 3. The van der Waals surface area contributed by atoms with Crippen LogP contribution in [0.4, 0.5) is 0 Å². The van der Waals surface area contributed by atoms with Crippen LogP contribution in [-0.2, 0) is 4.74 Å². The van der Waals surface area contributed by atoms with Crippen LogP contribution in [0.1, 0.15) is 33.6 Å². The largest absolute Gasteiger partial charge is 0.495 e. The Morgan fingerprint density at radius 3 is 2.81 bits per heavy atom. The Labute approximate surface area is 98.1 Å². The zero-order chi connectivity index (χ0) is 12.1. The van der Waals surface area contributed by atoms with Crippen LogP contribution in [0.25, 0.3) is 0 Å². The Hall–Kier alpha value is -1.25. The molecule has 1 rings (SSSR count). The molecule has 1 heterocycles. The zero-order valence-electron chi connectivity index (χ0n) is 10.7. The van der Waals surface area contributed by atoms with Crippen LogP contribution < -0.4 is 5.73 Å². The maximum Gasteiger partial charge on any atom is 0.139 e. The highest BCUT2D eigenvalue weighted by atomic mass is 16.5. The van der Waals surface area contributed by atoms with Gasteiger partial charge in [0.15, 0.2) is 0 Å². The van der Waals surface area contributed by atoms with E-state index in [1.165, 1.54) is 0 Å². The highest BCUT2D eigenvalue weighted by Crippen LogP contribution is 2.24. The van der Waals surface area contributed by atoms with Gasteiger partial charge in [-0.2, -0.15) is 0 Å². The molecule has 0 bridgehead atoms. The van der Waals surface area contributed by atoms with Crippen molar-refractivity contribution in [3.05, 3.63) is 23.2 Å². The molecule has 0 fully saturated rings. The molecule has 0 aromatic heterocycles. The Morgan fingerprint density at radius 1 is 1.62 bits per heavy atom. The number of ether oxygens (including phenoxy) is 1. The van der Waals surface area contributed by atoms with E-state index in [1.54, 1.807) is 7.11 Å². The molecule has 3 heteroatoms. The lowest BCUT2D eigenvalue weighted by Crippen LogP contribution is -2.11. The van der Waals surface area contributed by atoms with Crippen molar-refractivity contribution in [2.45, 2.75) is 33.6 Å². The zero-order valence-corrected chi connectivity index (χ0v) is 10.7. The van der Waals surface area contributed by atoms with Gasteiger partial charge in [-0.1, -0.05) is 20.8 Å². The predicted octanol–water partition coefficient (Wildman–Crippen LogP) is 2.84. The molecule has 0 saturated carbocycles. The summed E-state index contributed by atoms with van der Waals surface area (Å²) in [6, 6.07) is 0. The van der Waals surface area contributed by atoms with Crippen molar-refractivity contribution in [3.63, 3.8) is 0 Å². The van der Waals surface area contributed by atoms with Gasteiger partial charge in [0.05, 0.1) is 12.8 Å². The fourth-order valence-corrected chi connectivity index (χ4v) is 1.63. The van der Waals surface area contributed by atoms with E-state index in [2.05, 4.69) is 25.8 Å². The lowest BCUT2D eigenvalue weighted by atomic mass is 9.98. The first kappa shape index (κ1) is 12.8. The van der Waals surface area contributed by atoms with E-state index < -0.39 is 0 Å². The highest BCUT2D eigenvalue weighted by molar-refractivity contribution is 5.60. The molecule has 3 nitrogen and oxygen atoms in total. The van der Waals surface area contributed by atoms with Crippen molar-refractivity contribution in [2.24, 2.45) is 22.6 Å². The minimum Gasteiger partial charge on any atom is -0.495 e. The van der Waals surface area contributed by atoms with E-state index in [1.807, 2.05) is 12.3 Å². The molecule has 0 saturated heterocycles. The normalized spacial score (nSPS) is 24.8. The van der Waals surface area contributed by atoms with Crippen molar-refractivity contribution in [2.75, 3.05) is 7.11 Å². The first-order chi connectivity index (χ1) is 7.56. The quantitative estimate of drug-likeness (QED) is 0.746. The number of methoxy groups -OCH3 is 1. The van der Waals surface area contributed by atoms with Crippen LogP contribution in [0.15, 0.2) is 28.2 Å². The van der Waals surface area contributed by atoms with Crippen LogP contribution in [0, 0.1) is 11.8 Å². The van der Waals surface area contributed by atoms with Gasteiger partial charge >= 0.3 is 0 Å². The number of nitrogens with zero attached hydrogens (tertiary/aromatic N) is 1. The molecule has 0 aromatic carbocycles. The number of nitrogens with two attached hydrogens (primary N) is 1. The van der Waals surface area contributed by atoms with Crippen molar-refractivity contribution in [3.8, 4) is 0 Å². The second-order valence-electron chi connectivity index (χ2n) is 4.54. The molecular weight excluding hydrogens is 200 g/mol. The fourth-order valence-electron chi connectivity index (χ4n) is 1.63. The lowest BCUT2D eigenvalue weighted by Gasteiger charge is -2.17. The van der Waals surface area contributed by atoms with E-state index >= 15 is 0 Å². The lowest BCUT2D eigenvalue weighted by molar-refractivity contribution is 0.296. The van der Waals surface area contributed by atoms with Gasteiger partial charge in [-0.05, 0) is 24.7 Å². The molecule has 2 N–H and O–H groups in total. The summed E-state index contributed by atoms with van der Waals surface area (Å²) in [6.45, 7) is 6.29. The third kappa shape index (κ3) is 3.12. The molecule has 0 amide bonds. The molecule has 1 aliphatic heterocycles. The average Bonchev–Trinajstić information content (AvgIpc) is 2.27. The van der Waals surface area contributed by atoms with Gasteiger partial charge in [0.2, 0.25) is 0 Å². The molecule has 1 aliphatic rings. The Morgan fingerprint density at radius 2 is 2.31 bits per heavy atom. The summed E-state index contributed by atoms with van der Waals surface area (Å²) in [7, 11) is 1.65. The van der Waals surface area contributed by atoms with Crippen molar-refractivity contribution in [1.29, 1.82) is 0 Å². The Bertz CT molecular complexity index is 327. The van der Waals surface area contributed by atoms with Gasteiger partial charge < -0.3 is 10.5 Å². The highest BCUT2D eigenvalue weighted by Gasteiger charge is 2.13. The summed E-state index contributed by atoms with van der Waals surface area (Å²) < 4.78 is 5.33. The molecule has 0 spiro atoms. The number of allylic oxidation sites excluding steroid dienone is 3. The van der Waals surface area contributed by atoms with E-state index in [4.69, 9.17) is 10.5 Å². The summed E-state index contributed by atoms with van der Waals surface area (Å²) in [6.07, 6.45) is 6.14. The Kier molecular flexibility index (Phi) is 4.59. The summed E-state index contributed by atoms with van der Waals surface area (Å²) in [5.74, 6) is 1.51. The minimum atomic E-state index is 0.287. The molecule has 0 aromatic rings. The Balaban J connectivity index is 2.99. The monoisotopic (exact) mass is 222 g/mol. The number of hydrogen-bond donors (Lipinski definition) is 1. The molecule has 1 atom stereocenters.